The van der Waals surface area contributed by atoms with Crippen LogP contribution in [0.3, 0.4) is 0 Å². The molecule has 0 aliphatic carbocycles. The first-order valence-electron chi connectivity index (χ1n) is 5.76. The molecule has 0 saturated carbocycles. The summed E-state index contributed by atoms with van der Waals surface area (Å²) in [5.74, 6) is 1.87. The minimum Gasteiger partial charge on any atom is -0.494 e. The van der Waals surface area contributed by atoms with Gasteiger partial charge in [0.1, 0.15) is 5.75 Å². The first kappa shape index (κ1) is 11.8. The van der Waals surface area contributed by atoms with E-state index < -0.39 is 0 Å². The van der Waals surface area contributed by atoms with Crippen LogP contribution in [0.2, 0.25) is 0 Å². The van der Waals surface area contributed by atoms with Gasteiger partial charge in [-0.25, -0.2) is 0 Å². The van der Waals surface area contributed by atoms with E-state index in [4.69, 9.17) is 4.74 Å². The van der Waals surface area contributed by atoms with Gasteiger partial charge >= 0.3 is 0 Å². The summed E-state index contributed by atoms with van der Waals surface area (Å²) in [5.41, 5.74) is 2.22. The molecule has 1 aliphatic heterocycles. The van der Waals surface area contributed by atoms with Gasteiger partial charge in [0.25, 0.3) is 0 Å². The molecule has 1 N–H and O–H groups in total. The Morgan fingerprint density at radius 2 is 2.31 bits per heavy atom. The van der Waals surface area contributed by atoms with Crippen LogP contribution >= 0.6 is 11.8 Å². The first-order chi connectivity index (χ1) is 7.72. The molecule has 2 nitrogen and oxygen atoms in total. The van der Waals surface area contributed by atoms with Crippen molar-refractivity contribution in [3.63, 3.8) is 0 Å². The predicted octanol–water partition coefficient (Wildman–Crippen LogP) is 3.14. The molecule has 16 heavy (non-hydrogen) atoms. The molecule has 3 heteroatoms. The number of fused-ring (bicyclic) bond motifs is 1. The Morgan fingerprint density at radius 3 is 3.06 bits per heavy atom. The highest BCUT2D eigenvalue weighted by Crippen LogP contribution is 2.38. The topological polar surface area (TPSA) is 29.5 Å². The third kappa shape index (κ3) is 2.36. The van der Waals surface area contributed by atoms with Crippen molar-refractivity contribution in [3.05, 3.63) is 29.3 Å². The normalized spacial score (nSPS) is 24.7. The molecule has 88 valence electrons. The molecule has 1 unspecified atom stereocenters. The fourth-order valence-corrected chi connectivity index (χ4v) is 3.15. The summed E-state index contributed by atoms with van der Waals surface area (Å²) >= 11 is 1.89. The lowest BCUT2D eigenvalue weighted by molar-refractivity contribution is 0.168. The zero-order valence-electron chi connectivity index (χ0n) is 9.77. The van der Waals surface area contributed by atoms with E-state index in [0.717, 1.165) is 23.5 Å². The van der Waals surface area contributed by atoms with Crippen LogP contribution in [-0.4, -0.2) is 17.0 Å². The molecule has 0 bridgehead atoms. The van der Waals surface area contributed by atoms with Gasteiger partial charge in [-0.2, -0.15) is 11.8 Å². The van der Waals surface area contributed by atoms with Gasteiger partial charge in [-0.15, -0.1) is 0 Å². The van der Waals surface area contributed by atoms with Crippen LogP contribution in [0, 0.1) is 0 Å². The summed E-state index contributed by atoms with van der Waals surface area (Å²) in [6.45, 7) is 4.83. The second kappa shape index (κ2) is 5.11. The summed E-state index contributed by atoms with van der Waals surface area (Å²) in [5, 5.41) is 10.6. The molecule has 1 aliphatic rings. The van der Waals surface area contributed by atoms with Gasteiger partial charge in [0, 0.05) is 16.6 Å². The predicted molar refractivity (Wildman–Crippen MR) is 67.9 cm³/mol. The molecule has 2 rings (SSSR count). The molecule has 0 radical (unpaired) electrons. The molecule has 2 atom stereocenters. The zero-order valence-corrected chi connectivity index (χ0v) is 10.6. The van der Waals surface area contributed by atoms with Crippen molar-refractivity contribution >= 4 is 11.8 Å². The van der Waals surface area contributed by atoms with Gasteiger partial charge in [-0.1, -0.05) is 19.1 Å². The Morgan fingerprint density at radius 1 is 1.50 bits per heavy atom. The molecule has 0 spiro atoms. The lowest BCUT2D eigenvalue weighted by Gasteiger charge is -2.15. The Kier molecular flexibility index (Phi) is 3.77. The highest BCUT2D eigenvalue weighted by molar-refractivity contribution is 7.99. The molecular formula is C13H18O2S. The Hall–Kier alpha value is -0.670. The summed E-state index contributed by atoms with van der Waals surface area (Å²) < 4.78 is 5.62. The quantitative estimate of drug-likeness (QED) is 0.858. The number of rotatable bonds is 2. The Balaban J connectivity index is 2.37. The molecule has 0 aromatic heterocycles. The molecule has 1 heterocycles. The molecule has 1 aromatic carbocycles. The number of aliphatic hydroxyl groups is 1. The van der Waals surface area contributed by atoms with E-state index >= 15 is 0 Å². The number of hydrogen-bond acceptors (Lipinski definition) is 3. The number of benzene rings is 1. The Labute approximate surface area is 101 Å². The third-order valence-electron chi connectivity index (χ3n) is 2.90. The highest BCUT2D eigenvalue weighted by Gasteiger charge is 2.23. The second-order valence-corrected chi connectivity index (χ2v) is 5.56. The van der Waals surface area contributed by atoms with Crippen LogP contribution in [-0.2, 0) is 5.75 Å². The summed E-state index contributed by atoms with van der Waals surface area (Å²) in [6, 6.07) is 5.97. The van der Waals surface area contributed by atoms with Gasteiger partial charge in [-0.3, -0.25) is 0 Å². The van der Waals surface area contributed by atoms with Gasteiger partial charge in [0.15, 0.2) is 0 Å². The van der Waals surface area contributed by atoms with Gasteiger partial charge in [0.2, 0.25) is 0 Å². The van der Waals surface area contributed by atoms with E-state index in [9.17, 15) is 5.11 Å². The van der Waals surface area contributed by atoms with Crippen molar-refractivity contribution in [3.8, 4) is 5.75 Å². The maximum absolute atomic E-state index is 10.1. The summed E-state index contributed by atoms with van der Waals surface area (Å²) in [4.78, 5) is 0. The van der Waals surface area contributed by atoms with Gasteiger partial charge < -0.3 is 9.84 Å². The van der Waals surface area contributed by atoms with Crippen LogP contribution in [0.4, 0.5) is 0 Å². The Bertz CT molecular complexity index is 365. The SMILES string of the molecule is CCOc1cccc2c1CSC(C)C[C@@H]2O. The molecule has 0 saturated heterocycles. The van der Waals surface area contributed by atoms with Crippen molar-refractivity contribution in [2.24, 2.45) is 0 Å². The van der Waals surface area contributed by atoms with E-state index in [-0.39, 0.29) is 6.10 Å². The molecular weight excluding hydrogens is 220 g/mol. The average molecular weight is 238 g/mol. The number of thioether (sulfide) groups is 1. The smallest absolute Gasteiger partial charge is 0.123 e. The fourth-order valence-electron chi connectivity index (χ4n) is 2.08. The van der Waals surface area contributed by atoms with E-state index in [1.807, 2.05) is 36.9 Å². The van der Waals surface area contributed by atoms with Crippen LogP contribution < -0.4 is 4.74 Å². The average Bonchev–Trinajstić information content (AvgIpc) is 2.40. The van der Waals surface area contributed by atoms with Crippen LogP contribution in [0.25, 0.3) is 0 Å². The maximum Gasteiger partial charge on any atom is 0.123 e. The monoisotopic (exact) mass is 238 g/mol. The van der Waals surface area contributed by atoms with E-state index in [1.165, 1.54) is 5.56 Å². The molecule has 0 amide bonds. The lowest BCUT2D eigenvalue weighted by Crippen LogP contribution is -2.04. The van der Waals surface area contributed by atoms with Crippen molar-refractivity contribution in [1.29, 1.82) is 0 Å². The number of aliphatic hydroxyl groups excluding tert-OH is 1. The van der Waals surface area contributed by atoms with Crippen molar-refractivity contribution in [2.75, 3.05) is 6.61 Å². The first-order valence-corrected chi connectivity index (χ1v) is 6.81. The van der Waals surface area contributed by atoms with Crippen molar-refractivity contribution in [2.45, 2.75) is 37.4 Å². The van der Waals surface area contributed by atoms with E-state index in [1.54, 1.807) is 0 Å². The van der Waals surface area contributed by atoms with Gasteiger partial charge in [-0.05, 0) is 25.0 Å². The van der Waals surface area contributed by atoms with E-state index in [0.29, 0.717) is 11.9 Å². The zero-order chi connectivity index (χ0) is 11.5. The maximum atomic E-state index is 10.1. The van der Waals surface area contributed by atoms with Crippen LogP contribution in [0.1, 0.15) is 37.5 Å². The standard InChI is InChI=1S/C13H18O2S/c1-3-15-13-6-4-5-10-11(13)8-16-9(2)7-12(10)14/h4-6,9,12,14H,3,7-8H2,1-2H3/t9?,12-/m0/s1. The number of hydrogen-bond donors (Lipinski definition) is 1. The van der Waals surface area contributed by atoms with Crippen molar-refractivity contribution in [1.82, 2.24) is 0 Å². The van der Waals surface area contributed by atoms with Crippen LogP contribution in [0.5, 0.6) is 5.75 Å². The number of ether oxygens (including phenoxy) is 1. The summed E-state index contributed by atoms with van der Waals surface area (Å²) in [7, 11) is 0. The largest absolute Gasteiger partial charge is 0.494 e. The summed E-state index contributed by atoms with van der Waals surface area (Å²) in [6.07, 6.45) is 0.480. The lowest BCUT2D eigenvalue weighted by atomic mass is 9.99. The fraction of sp³-hybridized carbons (Fsp3) is 0.538. The highest BCUT2D eigenvalue weighted by atomic mass is 32.2. The van der Waals surface area contributed by atoms with Crippen molar-refractivity contribution < 1.29 is 9.84 Å². The van der Waals surface area contributed by atoms with Gasteiger partial charge in [0.05, 0.1) is 12.7 Å². The molecule has 1 aromatic rings. The second-order valence-electron chi connectivity index (χ2n) is 4.13. The van der Waals surface area contributed by atoms with Crippen LogP contribution in [0.15, 0.2) is 18.2 Å². The van der Waals surface area contributed by atoms with E-state index in [2.05, 4.69) is 6.92 Å². The molecule has 0 fully saturated rings. The minimum atomic E-state index is -0.347. The third-order valence-corrected chi connectivity index (χ3v) is 4.11. The minimum absolute atomic E-state index is 0.347.